The summed E-state index contributed by atoms with van der Waals surface area (Å²) in [5.74, 6) is 0.330. The van der Waals surface area contributed by atoms with Gasteiger partial charge in [-0.15, -0.1) is 0 Å². The van der Waals surface area contributed by atoms with E-state index in [2.05, 4.69) is 26.6 Å². The molecule has 0 radical (unpaired) electrons. The molecule has 0 spiro atoms. The Bertz CT molecular complexity index is 1420. The van der Waals surface area contributed by atoms with Crippen molar-refractivity contribution in [2.24, 2.45) is 0 Å². The lowest BCUT2D eigenvalue weighted by Crippen LogP contribution is -2.12. The summed E-state index contributed by atoms with van der Waals surface area (Å²) in [4.78, 5) is 25.0. The van der Waals surface area contributed by atoms with E-state index in [4.69, 9.17) is 8.83 Å². The summed E-state index contributed by atoms with van der Waals surface area (Å²) in [5, 5.41) is 6.44. The van der Waals surface area contributed by atoms with Crippen molar-refractivity contribution >= 4 is 50.1 Å². The van der Waals surface area contributed by atoms with Crippen LogP contribution in [0.4, 0.5) is 11.4 Å². The highest BCUT2D eigenvalue weighted by molar-refractivity contribution is 9.10. The van der Waals surface area contributed by atoms with Crippen LogP contribution in [0.5, 0.6) is 0 Å². The van der Waals surface area contributed by atoms with Crippen molar-refractivity contribution in [1.29, 1.82) is 0 Å². The van der Waals surface area contributed by atoms with Crippen LogP contribution in [-0.4, -0.2) is 11.8 Å². The van der Waals surface area contributed by atoms with E-state index in [1.54, 1.807) is 42.5 Å². The number of benzene rings is 3. The molecule has 33 heavy (non-hydrogen) atoms. The van der Waals surface area contributed by atoms with Gasteiger partial charge in [0.05, 0.1) is 0 Å². The lowest BCUT2D eigenvalue weighted by molar-refractivity contribution is 0.0990. The van der Waals surface area contributed by atoms with Crippen LogP contribution in [0.3, 0.4) is 0 Å². The number of amides is 2. The van der Waals surface area contributed by atoms with Gasteiger partial charge < -0.3 is 19.5 Å². The molecular formula is C26H17BrN2O4. The molecule has 2 amide bonds. The zero-order valence-electron chi connectivity index (χ0n) is 17.2. The molecule has 0 aliphatic heterocycles. The smallest absolute Gasteiger partial charge is 0.291 e. The zero-order valence-corrected chi connectivity index (χ0v) is 18.8. The second-order valence-corrected chi connectivity index (χ2v) is 8.22. The van der Waals surface area contributed by atoms with Gasteiger partial charge in [0.1, 0.15) is 11.3 Å². The van der Waals surface area contributed by atoms with Crippen molar-refractivity contribution in [2.75, 3.05) is 10.6 Å². The molecule has 2 aromatic heterocycles. The van der Waals surface area contributed by atoms with Crippen molar-refractivity contribution in [3.8, 4) is 11.3 Å². The molecule has 0 atom stereocenters. The molecular weight excluding hydrogens is 484 g/mol. The summed E-state index contributed by atoms with van der Waals surface area (Å²) in [6.07, 6.45) is 0. The molecule has 0 fully saturated rings. The van der Waals surface area contributed by atoms with Crippen LogP contribution in [0.1, 0.15) is 21.1 Å². The number of rotatable bonds is 5. The van der Waals surface area contributed by atoms with E-state index in [9.17, 15) is 9.59 Å². The van der Waals surface area contributed by atoms with Gasteiger partial charge in [-0.1, -0.05) is 46.3 Å². The molecule has 2 heterocycles. The normalized spacial score (nSPS) is 10.8. The largest absolute Gasteiger partial charge is 0.451 e. The first-order chi connectivity index (χ1) is 16.0. The first-order valence-electron chi connectivity index (χ1n) is 10.1. The summed E-state index contributed by atoms with van der Waals surface area (Å²) in [5.41, 5.74) is 2.68. The molecule has 0 bridgehead atoms. The molecule has 0 saturated carbocycles. The van der Waals surface area contributed by atoms with Crippen molar-refractivity contribution in [1.82, 2.24) is 0 Å². The van der Waals surface area contributed by atoms with E-state index in [1.165, 1.54) is 0 Å². The summed E-state index contributed by atoms with van der Waals surface area (Å²) in [6, 6.07) is 26.9. The SMILES string of the molecule is O=C(Nc1ccc(NC(=O)c2cc3ccccc3o2)cc1)c1ccc(-c2ccc(Br)cc2)o1. The van der Waals surface area contributed by atoms with Crippen LogP contribution < -0.4 is 10.6 Å². The van der Waals surface area contributed by atoms with Gasteiger partial charge >= 0.3 is 0 Å². The van der Waals surface area contributed by atoms with Crippen LogP contribution >= 0.6 is 15.9 Å². The zero-order chi connectivity index (χ0) is 22.8. The molecule has 0 aliphatic carbocycles. The Morgan fingerprint density at radius 3 is 1.97 bits per heavy atom. The summed E-state index contributed by atoms with van der Waals surface area (Å²) >= 11 is 3.40. The first kappa shape index (κ1) is 20.8. The van der Waals surface area contributed by atoms with E-state index in [0.717, 1.165) is 15.4 Å². The fourth-order valence-corrected chi connectivity index (χ4v) is 3.61. The van der Waals surface area contributed by atoms with E-state index in [0.29, 0.717) is 22.7 Å². The average Bonchev–Trinajstić information content (AvgIpc) is 3.49. The number of nitrogens with one attached hydrogen (secondary N) is 2. The third kappa shape index (κ3) is 4.58. The van der Waals surface area contributed by atoms with Crippen molar-refractivity contribution < 1.29 is 18.4 Å². The quantitative estimate of drug-likeness (QED) is 0.273. The van der Waals surface area contributed by atoms with Crippen molar-refractivity contribution in [3.05, 3.63) is 107 Å². The molecule has 2 N–H and O–H groups in total. The third-order valence-electron chi connectivity index (χ3n) is 5.01. The third-order valence-corrected chi connectivity index (χ3v) is 5.54. The minimum atomic E-state index is -0.363. The number of carbonyl (C=O) groups excluding carboxylic acids is 2. The van der Waals surface area contributed by atoms with E-state index >= 15 is 0 Å². The van der Waals surface area contributed by atoms with Gasteiger partial charge in [-0.3, -0.25) is 9.59 Å². The van der Waals surface area contributed by atoms with E-state index in [1.807, 2.05) is 48.5 Å². The van der Waals surface area contributed by atoms with Crippen LogP contribution in [-0.2, 0) is 0 Å². The maximum absolute atomic E-state index is 12.6. The van der Waals surface area contributed by atoms with Crippen LogP contribution in [0.25, 0.3) is 22.3 Å². The first-order valence-corrected chi connectivity index (χ1v) is 10.9. The number of fused-ring (bicyclic) bond motifs is 1. The number of hydrogen-bond acceptors (Lipinski definition) is 4. The summed E-state index contributed by atoms with van der Waals surface area (Å²) in [7, 11) is 0. The Morgan fingerprint density at radius 1 is 0.667 bits per heavy atom. The minimum Gasteiger partial charge on any atom is -0.451 e. The highest BCUT2D eigenvalue weighted by atomic mass is 79.9. The number of furan rings is 2. The van der Waals surface area contributed by atoms with E-state index < -0.39 is 0 Å². The predicted molar refractivity (Wildman–Crippen MR) is 130 cm³/mol. The van der Waals surface area contributed by atoms with Gasteiger partial charge in [0, 0.05) is 26.8 Å². The van der Waals surface area contributed by atoms with Crippen LogP contribution in [0.15, 0.2) is 104 Å². The Balaban J connectivity index is 1.23. The predicted octanol–water partition coefficient (Wildman–Crippen LogP) is 6.96. The van der Waals surface area contributed by atoms with Gasteiger partial charge in [-0.05, 0) is 60.7 Å². The number of carbonyl (C=O) groups is 2. The molecule has 0 aliphatic rings. The number of para-hydroxylation sites is 1. The van der Waals surface area contributed by atoms with Gasteiger partial charge in [0.25, 0.3) is 11.8 Å². The van der Waals surface area contributed by atoms with Gasteiger partial charge in [0.2, 0.25) is 0 Å². The number of anilines is 2. The van der Waals surface area contributed by atoms with Crippen molar-refractivity contribution in [3.63, 3.8) is 0 Å². The lowest BCUT2D eigenvalue weighted by atomic mass is 10.2. The number of hydrogen-bond donors (Lipinski definition) is 2. The average molecular weight is 501 g/mol. The Labute approximate surface area is 197 Å². The van der Waals surface area contributed by atoms with Crippen molar-refractivity contribution in [2.45, 2.75) is 0 Å². The second kappa shape index (κ2) is 8.80. The van der Waals surface area contributed by atoms with Gasteiger partial charge in [-0.25, -0.2) is 0 Å². The molecule has 0 saturated heterocycles. The van der Waals surface area contributed by atoms with Gasteiger partial charge in [-0.2, -0.15) is 0 Å². The minimum absolute atomic E-state index is 0.204. The topological polar surface area (TPSA) is 84.5 Å². The molecule has 3 aromatic carbocycles. The molecule has 7 heteroatoms. The summed E-state index contributed by atoms with van der Waals surface area (Å²) < 4.78 is 12.3. The highest BCUT2D eigenvalue weighted by Gasteiger charge is 2.14. The fraction of sp³-hybridized carbons (Fsp3) is 0. The standard InChI is InChI=1S/C26H17BrN2O4/c27-18-7-5-16(6-8-18)22-13-14-23(32-22)25(30)28-19-9-11-20(12-10-19)29-26(31)24-15-17-3-1-2-4-21(17)33-24/h1-15H,(H,28,30)(H,29,31). The van der Waals surface area contributed by atoms with Crippen LogP contribution in [0, 0.1) is 0 Å². The second-order valence-electron chi connectivity index (χ2n) is 7.30. The van der Waals surface area contributed by atoms with Gasteiger partial charge in [0.15, 0.2) is 11.5 Å². The molecule has 6 nitrogen and oxygen atoms in total. The molecule has 5 rings (SSSR count). The maximum atomic E-state index is 12.6. The summed E-state index contributed by atoms with van der Waals surface area (Å²) in [6.45, 7) is 0. The Kier molecular flexibility index (Phi) is 5.54. The Hall–Kier alpha value is -4.10. The lowest BCUT2D eigenvalue weighted by Gasteiger charge is -2.06. The van der Waals surface area contributed by atoms with Crippen LogP contribution in [0.2, 0.25) is 0 Å². The molecule has 0 unspecified atom stereocenters. The number of halogens is 1. The fourth-order valence-electron chi connectivity index (χ4n) is 3.35. The molecule has 162 valence electrons. The molecule has 5 aromatic rings. The Morgan fingerprint density at radius 2 is 1.30 bits per heavy atom. The highest BCUT2D eigenvalue weighted by Crippen LogP contribution is 2.25. The maximum Gasteiger partial charge on any atom is 0.291 e. The monoisotopic (exact) mass is 500 g/mol. The van der Waals surface area contributed by atoms with E-state index in [-0.39, 0.29) is 23.3 Å².